The van der Waals surface area contributed by atoms with Crippen molar-refractivity contribution in [2.75, 3.05) is 6.61 Å². The molecule has 1 fully saturated rings. The number of nitrogens with one attached hydrogen (secondary N) is 1. The van der Waals surface area contributed by atoms with Crippen molar-refractivity contribution < 1.29 is 13.9 Å². The summed E-state index contributed by atoms with van der Waals surface area (Å²) in [5.41, 5.74) is 0.944. The summed E-state index contributed by atoms with van der Waals surface area (Å²) >= 11 is 0. The fraction of sp³-hybridized carbons (Fsp3) is 0.500. The quantitative estimate of drug-likeness (QED) is 0.846. The lowest BCUT2D eigenvalue weighted by Gasteiger charge is -2.21. The highest BCUT2D eigenvalue weighted by Gasteiger charge is 2.41. The zero-order chi connectivity index (χ0) is 15.2. The molecule has 1 saturated carbocycles. The van der Waals surface area contributed by atoms with Crippen LogP contribution in [0.5, 0.6) is 0 Å². The van der Waals surface area contributed by atoms with Gasteiger partial charge in [0, 0.05) is 12.6 Å². The molecule has 0 saturated heterocycles. The maximum absolute atomic E-state index is 12.9. The average Bonchev–Trinajstić information content (AvgIpc) is 2.90. The first-order valence-corrected chi connectivity index (χ1v) is 7.19. The molecule has 0 aliphatic heterocycles. The fourth-order valence-electron chi connectivity index (χ4n) is 2.79. The van der Waals surface area contributed by atoms with Crippen LogP contribution in [0.25, 0.3) is 0 Å². The molecule has 1 aromatic carbocycles. The predicted molar refractivity (Wildman–Crippen MR) is 75.5 cm³/mol. The third kappa shape index (κ3) is 3.79. The van der Waals surface area contributed by atoms with Crippen LogP contribution in [-0.2, 0) is 16.1 Å². The number of carbonyl (C=O) groups is 1. The lowest BCUT2D eigenvalue weighted by Crippen LogP contribution is -2.39. The summed E-state index contributed by atoms with van der Waals surface area (Å²) in [6.07, 6.45) is 1.46. The van der Waals surface area contributed by atoms with Crippen LogP contribution in [0.2, 0.25) is 0 Å². The molecule has 0 bridgehead atoms. The Kier molecular flexibility index (Phi) is 5.29. The first kappa shape index (κ1) is 15.5. The molecule has 0 spiro atoms. The zero-order valence-corrected chi connectivity index (χ0v) is 12.0. The van der Waals surface area contributed by atoms with E-state index in [2.05, 4.69) is 11.4 Å². The summed E-state index contributed by atoms with van der Waals surface area (Å²) in [6, 6.07) is 8.36. The molecular formula is C16H19FN2O2. The number of hydrogen-bond donors (Lipinski definition) is 1. The summed E-state index contributed by atoms with van der Waals surface area (Å²) in [5.74, 6) is -1.29. The van der Waals surface area contributed by atoms with E-state index in [1.165, 1.54) is 12.1 Å². The van der Waals surface area contributed by atoms with E-state index in [0.29, 0.717) is 19.6 Å². The second kappa shape index (κ2) is 7.19. The van der Waals surface area contributed by atoms with E-state index in [1.54, 1.807) is 19.1 Å². The topological polar surface area (TPSA) is 62.1 Å². The lowest BCUT2D eigenvalue weighted by molar-refractivity contribution is -0.149. The van der Waals surface area contributed by atoms with E-state index in [-0.39, 0.29) is 23.7 Å². The van der Waals surface area contributed by atoms with E-state index >= 15 is 0 Å². The van der Waals surface area contributed by atoms with Crippen LogP contribution in [0, 0.1) is 29.0 Å². The van der Waals surface area contributed by atoms with Crippen molar-refractivity contribution in [3.63, 3.8) is 0 Å². The highest BCUT2D eigenvalue weighted by Crippen LogP contribution is 2.33. The van der Waals surface area contributed by atoms with Crippen molar-refractivity contribution in [2.24, 2.45) is 11.8 Å². The van der Waals surface area contributed by atoms with E-state index in [9.17, 15) is 9.18 Å². The number of hydrogen-bond acceptors (Lipinski definition) is 4. The Morgan fingerprint density at radius 2 is 2.14 bits per heavy atom. The van der Waals surface area contributed by atoms with Crippen molar-refractivity contribution in [3.05, 3.63) is 35.6 Å². The van der Waals surface area contributed by atoms with Crippen LogP contribution in [0.1, 0.15) is 25.3 Å². The van der Waals surface area contributed by atoms with Crippen LogP contribution >= 0.6 is 0 Å². The number of benzene rings is 1. The maximum Gasteiger partial charge on any atom is 0.311 e. The number of ether oxygens (including phenoxy) is 1. The number of halogens is 1. The summed E-state index contributed by atoms with van der Waals surface area (Å²) < 4.78 is 17.9. The third-order valence-corrected chi connectivity index (χ3v) is 3.86. The molecule has 1 aliphatic carbocycles. The van der Waals surface area contributed by atoms with E-state index in [0.717, 1.165) is 12.0 Å². The van der Waals surface area contributed by atoms with E-state index < -0.39 is 5.92 Å². The number of esters is 1. The van der Waals surface area contributed by atoms with Crippen molar-refractivity contribution in [1.82, 2.24) is 5.32 Å². The van der Waals surface area contributed by atoms with Crippen LogP contribution in [0.15, 0.2) is 24.3 Å². The largest absolute Gasteiger partial charge is 0.466 e. The molecule has 0 heterocycles. The molecule has 0 unspecified atom stereocenters. The number of nitrogens with zero attached hydrogens (tertiary/aromatic N) is 1. The molecule has 2 rings (SSSR count). The molecule has 21 heavy (non-hydrogen) atoms. The van der Waals surface area contributed by atoms with Gasteiger partial charge in [0.25, 0.3) is 0 Å². The van der Waals surface area contributed by atoms with Gasteiger partial charge in [-0.25, -0.2) is 4.39 Å². The summed E-state index contributed by atoms with van der Waals surface area (Å²) in [5, 5.41) is 12.5. The number of nitriles is 1. The van der Waals surface area contributed by atoms with Gasteiger partial charge in [-0.15, -0.1) is 0 Å². The Hall–Kier alpha value is -1.93. The highest BCUT2D eigenvalue weighted by molar-refractivity contribution is 5.74. The molecule has 5 heteroatoms. The minimum Gasteiger partial charge on any atom is -0.466 e. The molecule has 112 valence electrons. The second-order valence-corrected chi connectivity index (χ2v) is 5.20. The first-order valence-electron chi connectivity index (χ1n) is 7.19. The molecule has 3 atom stereocenters. The molecule has 4 nitrogen and oxygen atoms in total. The molecule has 0 radical (unpaired) electrons. The Morgan fingerprint density at radius 3 is 2.76 bits per heavy atom. The Labute approximate surface area is 123 Å². The van der Waals surface area contributed by atoms with Gasteiger partial charge in [-0.1, -0.05) is 12.1 Å². The normalized spacial score (nSPS) is 24.5. The van der Waals surface area contributed by atoms with Crippen LogP contribution in [0.4, 0.5) is 4.39 Å². The Balaban J connectivity index is 1.99. The minimum absolute atomic E-state index is 0.0706. The van der Waals surface area contributed by atoms with Gasteiger partial charge >= 0.3 is 5.97 Å². The van der Waals surface area contributed by atoms with Gasteiger partial charge in [-0.3, -0.25) is 4.79 Å². The van der Waals surface area contributed by atoms with Gasteiger partial charge in [0.05, 0.1) is 24.5 Å². The zero-order valence-electron chi connectivity index (χ0n) is 12.0. The predicted octanol–water partition coefficient (Wildman–Crippen LogP) is 2.40. The second-order valence-electron chi connectivity index (χ2n) is 5.20. The van der Waals surface area contributed by atoms with Crippen molar-refractivity contribution in [2.45, 2.75) is 32.4 Å². The first-order chi connectivity index (χ1) is 10.2. The van der Waals surface area contributed by atoms with Gasteiger partial charge in [0.1, 0.15) is 5.82 Å². The van der Waals surface area contributed by atoms with Gasteiger partial charge in [0.15, 0.2) is 0 Å². The molecule has 1 N–H and O–H groups in total. The van der Waals surface area contributed by atoms with E-state index in [4.69, 9.17) is 10.00 Å². The van der Waals surface area contributed by atoms with Crippen molar-refractivity contribution in [3.8, 4) is 6.07 Å². The van der Waals surface area contributed by atoms with Gasteiger partial charge < -0.3 is 10.1 Å². The molecule has 0 aromatic heterocycles. The van der Waals surface area contributed by atoms with Gasteiger partial charge in [0.2, 0.25) is 0 Å². The standard InChI is InChI=1S/C16H19FN2O2/c1-2-21-16(20)15-12(9-18)5-8-14(15)19-10-11-3-6-13(17)7-4-11/h3-4,6-7,12,14-15,19H,2,5,8,10H2,1H3/t12-,14-,15-/m1/s1. The molecule has 0 amide bonds. The minimum atomic E-state index is -0.421. The Bertz CT molecular complexity index is 524. The summed E-state index contributed by atoms with van der Waals surface area (Å²) in [4.78, 5) is 12.0. The summed E-state index contributed by atoms with van der Waals surface area (Å²) in [6.45, 7) is 2.62. The molecule has 1 aliphatic rings. The maximum atomic E-state index is 12.9. The molecule has 1 aromatic rings. The fourth-order valence-corrected chi connectivity index (χ4v) is 2.79. The summed E-state index contributed by atoms with van der Waals surface area (Å²) in [7, 11) is 0. The van der Waals surface area contributed by atoms with Crippen LogP contribution in [-0.4, -0.2) is 18.6 Å². The van der Waals surface area contributed by atoms with Crippen LogP contribution < -0.4 is 5.32 Å². The highest BCUT2D eigenvalue weighted by atomic mass is 19.1. The number of carbonyl (C=O) groups excluding carboxylic acids is 1. The van der Waals surface area contributed by atoms with Gasteiger partial charge in [-0.2, -0.15) is 5.26 Å². The SMILES string of the molecule is CCOC(=O)[C@@H]1[C@@H](C#N)CC[C@H]1NCc1ccc(F)cc1. The average molecular weight is 290 g/mol. The lowest BCUT2D eigenvalue weighted by atomic mass is 9.94. The van der Waals surface area contributed by atoms with Crippen LogP contribution in [0.3, 0.4) is 0 Å². The third-order valence-electron chi connectivity index (χ3n) is 3.86. The smallest absolute Gasteiger partial charge is 0.311 e. The Morgan fingerprint density at radius 1 is 1.43 bits per heavy atom. The number of rotatable bonds is 5. The van der Waals surface area contributed by atoms with Crippen molar-refractivity contribution in [1.29, 1.82) is 5.26 Å². The van der Waals surface area contributed by atoms with Crippen molar-refractivity contribution >= 4 is 5.97 Å². The molecular weight excluding hydrogens is 271 g/mol. The monoisotopic (exact) mass is 290 g/mol. The van der Waals surface area contributed by atoms with Gasteiger partial charge in [-0.05, 0) is 37.5 Å². The van der Waals surface area contributed by atoms with E-state index in [1.807, 2.05) is 0 Å².